The smallest absolute Gasteiger partial charge is 0.151 e. The van der Waals surface area contributed by atoms with Crippen molar-refractivity contribution < 1.29 is 5.11 Å². The van der Waals surface area contributed by atoms with Gasteiger partial charge in [-0.3, -0.25) is 4.90 Å². The van der Waals surface area contributed by atoms with Gasteiger partial charge in [-0.2, -0.15) is 0 Å². The maximum atomic E-state index is 10.3. The van der Waals surface area contributed by atoms with Gasteiger partial charge in [-0.05, 0) is 0 Å². The number of anilines is 1. The van der Waals surface area contributed by atoms with E-state index in [4.69, 9.17) is 5.73 Å². The van der Waals surface area contributed by atoms with Crippen molar-refractivity contribution in [1.82, 2.24) is 24.8 Å². The molecule has 7 nitrogen and oxygen atoms in total. The first-order chi connectivity index (χ1) is 10.7. The average Bonchev–Trinajstić information content (AvgIpc) is 3.20. The lowest BCUT2D eigenvalue weighted by Crippen LogP contribution is -2.21. The number of likely N-dealkylation sites (tertiary alicyclic amines) is 1. The van der Waals surface area contributed by atoms with Gasteiger partial charge in [0, 0.05) is 43.0 Å². The standard InChI is InChI=1S/C14H16N6OS/c15-13-12-11(18-7-19-13)8(3-17-12)4-20-5-9(10(21)6-20)14-16-1-2-22-14/h1-3,7,9-10,17,21H,4-6H2,(H2,15,18,19). The molecule has 0 aliphatic carbocycles. The van der Waals surface area contributed by atoms with Crippen molar-refractivity contribution in [2.75, 3.05) is 18.8 Å². The van der Waals surface area contributed by atoms with Gasteiger partial charge in [0.15, 0.2) is 5.82 Å². The SMILES string of the molecule is Nc1ncnc2c(CN3CC(O)C(c4nccs4)C3)c[nH]c12. The van der Waals surface area contributed by atoms with Crippen LogP contribution in [0.4, 0.5) is 5.82 Å². The molecule has 3 aromatic rings. The Labute approximate surface area is 130 Å². The van der Waals surface area contributed by atoms with E-state index in [0.29, 0.717) is 12.4 Å². The third-order valence-electron chi connectivity index (χ3n) is 4.10. The van der Waals surface area contributed by atoms with Crippen LogP contribution in [0, 0.1) is 0 Å². The van der Waals surface area contributed by atoms with E-state index >= 15 is 0 Å². The first-order valence-electron chi connectivity index (χ1n) is 7.08. The fraction of sp³-hybridized carbons (Fsp3) is 0.357. The normalized spacial score (nSPS) is 22.6. The Balaban J connectivity index is 1.55. The molecule has 0 aromatic carbocycles. The van der Waals surface area contributed by atoms with E-state index in [2.05, 4.69) is 24.8 Å². The molecule has 3 aromatic heterocycles. The highest BCUT2D eigenvalue weighted by molar-refractivity contribution is 7.09. The predicted molar refractivity (Wildman–Crippen MR) is 84.4 cm³/mol. The Morgan fingerprint density at radius 3 is 3.09 bits per heavy atom. The zero-order chi connectivity index (χ0) is 15.1. The largest absolute Gasteiger partial charge is 0.391 e. The molecule has 8 heteroatoms. The van der Waals surface area contributed by atoms with Crippen molar-refractivity contribution in [2.24, 2.45) is 0 Å². The third kappa shape index (κ3) is 2.25. The van der Waals surface area contributed by atoms with E-state index in [1.54, 1.807) is 17.5 Å². The summed E-state index contributed by atoms with van der Waals surface area (Å²) in [5, 5.41) is 13.2. The summed E-state index contributed by atoms with van der Waals surface area (Å²) in [5.41, 5.74) is 8.53. The van der Waals surface area contributed by atoms with Gasteiger partial charge < -0.3 is 15.8 Å². The van der Waals surface area contributed by atoms with Gasteiger partial charge in [-0.1, -0.05) is 0 Å². The van der Waals surface area contributed by atoms with Gasteiger partial charge in [0.2, 0.25) is 0 Å². The number of aliphatic hydroxyl groups excluding tert-OH is 1. The molecule has 4 N–H and O–H groups in total. The lowest BCUT2D eigenvalue weighted by atomic mass is 10.1. The molecule has 0 saturated carbocycles. The second-order valence-corrected chi connectivity index (χ2v) is 6.46. The van der Waals surface area contributed by atoms with Crippen LogP contribution >= 0.6 is 11.3 Å². The zero-order valence-corrected chi connectivity index (χ0v) is 12.6. The van der Waals surface area contributed by atoms with Gasteiger partial charge in [0.1, 0.15) is 11.8 Å². The van der Waals surface area contributed by atoms with Crippen LogP contribution in [0.1, 0.15) is 16.5 Å². The molecule has 2 unspecified atom stereocenters. The molecule has 114 valence electrons. The van der Waals surface area contributed by atoms with Crippen LogP contribution in [-0.4, -0.2) is 49.1 Å². The number of hydrogen-bond acceptors (Lipinski definition) is 7. The molecule has 4 rings (SSSR count). The van der Waals surface area contributed by atoms with Crippen molar-refractivity contribution >= 4 is 28.2 Å². The number of aliphatic hydroxyl groups is 1. The highest BCUT2D eigenvalue weighted by atomic mass is 32.1. The summed E-state index contributed by atoms with van der Waals surface area (Å²) in [4.78, 5) is 18.0. The number of aromatic amines is 1. The highest BCUT2D eigenvalue weighted by Gasteiger charge is 2.34. The highest BCUT2D eigenvalue weighted by Crippen LogP contribution is 2.30. The van der Waals surface area contributed by atoms with Crippen molar-refractivity contribution in [3.63, 3.8) is 0 Å². The molecule has 0 amide bonds. The Bertz CT molecular complexity index is 786. The topological polar surface area (TPSA) is 104 Å². The van der Waals surface area contributed by atoms with Crippen molar-refractivity contribution in [3.8, 4) is 0 Å². The Hall–Kier alpha value is -2.03. The minimum absolute atomic E-state index is 0.0879. The number of hydrogen-bond donors (Lipinski definition) is 3. The van der Waals surface area contributed by atoms with Gasteiger partial charge in [-0.25, -0.2) is 15.0 Å². The minimum atomic E-state index is -0.379. The molecular weight excluding hydrogens is 300 g/mol. The molecule has 0 spiro atoms. The van der Waals surface area contributed by atoms with E-state index < -0.39 is 0 Å². The number of aromatic nitrogens is 4. The van der Waals surface area contributed by atoms with E-state index in [1.807, 2.05) is 11.6 Å². The number of fused-ring (bicyclic) bond motifs is 1. The number of H-pyrrole nitrogens is 1. The summed E-state index contributed by atoms with van der Waals surface area (Å²) >= 11 is 1.60. The first-order valence-corrected chi connectivity index (χ1v) is 7.96. The molecule has 22 heavy (non-hydrogen) atoms. The molecule has 4 heterocycles. The molecule has 2 atom stereocenters. The Kier molecular flexibility index (Phi) is 3.29. The molecule has 0 radical (unpaired) electrons. The predicted octanol–water partition coefficient (Wildman–Crippen LogP) is 0.957. The zero-order valence-electron chi connectivity index (χ0n) is 11.8. The second-order valence-electron chi connectivity index (χ2n) is 5.53. The second kappa shape index (κ2) is 5.31. The third-order valence-corrected chi connectivity index (χ3v) is 5.01. The Morgan fingerprint density at radius 2 is 2.27 bits per heavy atom. The summed E-state index contributed by atoms with van der Waals surface area (Å²) in [6.45, 7) is 2.15. The average molecular weight is 316 g/mol. The van der Waals surface area contributed by atoms with Gasteiger partial charge >= 0.3 is 0 Å². The number of nitrogens with one attached hydrogen (secondary N) is 1. The minimum Gasteiger partial charge on any atom is -0.391 e. The summed E-state index contributed by atoms with van der Waals surface area (Å²) in [5.74, 6) is 0.545. The Morgan fingerprint density at radius 1 is 1.36 bits per heavy atom. The van der Waals surface area contributed by atoms with Crippen LogP contribution in [0.2, 0.25) is 0 Å². The number of rotatable bonds is 3. The summed E-state index contributed by atoms with van der Waals surface area (Å²) in [6.07, 6.45) is 4.80. The number of thiazole rings is 1. The summed E-state index contributed by atoms with van der Waals surface area (Å²) in [6, 6.07) is 0. The maximum absolute atomic E-state index is 10.3. The van der Waals surface area contributed by atoms with E-state index in [0.717, 1.165) is 34.7 Å². The van der Waals surface area contributed by atoms with E-state index in [9.17, 15) is 5.11 Å². The number of nitrogens with two attached hydrogens (primary N) is 1. The van der Waals surface area contributed by atoms with Crippen LogP contribution < -0.4 is 5.73 Å². The number of nitrogens with zero attached hydrogens (tertiary/aromatic N) is 4. The quantitative estimate of drug-likeness (QED) is 0.665. The molecular formula is C14H16N6OS. The monoisotopic (exact) mass is 316 g/mol. The fourth-order valence-electron chi connectivity index (χ4n) is 3.03. The van der Waals surface area contributed by atoms with E-state index in [-0.39, 0.29) is 12.0 Å². The number of β-amino-alcohol motifs (C(OH)–C–C–N with tert-alkyl or cyclic N) is 1. The maximum Gasteiger partial charge on any atom is 0.151 e. The van der Waals surface area contributed by atoms with E-state index in [1.165, 1.54) is 6.33 Å². The molecule has 1 fully saturated rings. The van der Waals surface area contributed by atoms with Crippen molar-refractivity contribution in [3.05, 3.63) is 34.7 Å². The summed E-state index contributed by atoms with van der Waals surface area (Å²) in [7, 11) is 0. The van der Waals surface area contributed by atoms with Crippen LogP contribution in [0.25, 0.3) is 11.0 Å². The number of nitrogen functional groups attached to an aromatic ring is 1. The fourth-order valence-corrected chi connectivity index (χ4v) is 3.82. The van der Waals surface area contributed by atoms with Crippen molar-refractivity contribution in [1.29, 1.82) is 0 Å². The van der Waals surface area contributed by atoms with Crippen LogP contribution in [-0.2, 0) is 6.54 Å². The van der Waals surface area contributed by atoms with Gasteiger partial charge in [-0.15, -0.1) is 11.3 Å². The van der Waals surface area contributed by atoms with Gasteiger partial charge in [0.25, 0.3) is 0 Å². The van der Waals surface area contributed by atoms with Crippen LogP contribution in [0.3, 0.4) is 0 Å². The molecule has 1 saturated heterocycles. The lowest BCUT2D eigenvalue weighted by Gasteiger charge is -2.14. The molecule has 0 bridgehead atoms. The van der Waals surface area contributed by atoms with Crippen molar-refractivity contribution in [2.45, 2.75) is 18.6 Å². The van der Waals surface area contributed by atoms with Gasteiger partial charge in [0.05, 0.1) is 22.5 Å². The molecule has 1 aliphatic heterocycles. The van der Waals surface area contributed by atoms with Crippen LogP contribution in [0.15, 0.2) is 24.1 Å². The summed E-state index contributed by atoms with van der Waals surface area (Å²) < 4.78 is 0. The van der Waals surface area contributed by atoms with Crippen LogP contribution in [0.5, 0.6) is 0 Å². The lowest BCUT2D eigenvalue weighted by molar-refractivity contribution is 0.163. The molecule has 1 aliphatic rings. The first kappa shape index (κ1) is 13.6.